The average Bonchev–Trinajstić information content (AvgIpc) is 4.14. The molecule has 75 heavy (non-hydrogen) atoms. The first-order chi connectivity index (χ1) is 35.9. The minimum Gasteiger partial charge on any atom is -0.412 e. The fourth-order valence-electron chi connectivity index (χ4n) is 14.2. The third-order valence-electron chi connectivity index (χ3n) is 19.5. The number of ether oxygens (including phenoxy) is 8. The Morgan fingerprint density at radius 1 is 0.760 bits per heavy atom. The van der Waals surface area contributed by atoms with Crippen LogP contribution in [0.3, 0.4) is 0 Å². The minimum atomic E-state index is -2.35. The molecular weight excluding hydrogens is 967 g/mol. The van der Waals surface area contributed by atoms with Gasteiger partial charge in [0.2, 0.25) is 0 Å². The zero-order valence-corrected chi connectivity index (χ0v) is 46.5. The van der Waals surface area contributed by atoms with Gasteiger partial charge < -0.3 is 47.1 Å². The quantitative estimate of drug-likeness (QED) is 0.0573. The second-order valence-electron chi connectivity index (χ2n) is 25.4. The van der Waals surface area contributed by atoms with E-state index < -0.39 is 20.2 Å². The van der Waals surface area contributed by atoms with Crippen molar-refractivity contribution in [1.82, 2.24) is 4.90 Å². The van der Waals surface area contributed by atoms with E-state index in [0.717, 1.165) is 75.2 Å². The van der Waals surface area contributed by atoms with Crippen LogP contribution in [0, 0.1) is 17.8 Å². The highest BCUT2D eigenvalue weighted by molar-refractivity contribution is 6.74. The Hall–Kier alpha value is -3.41. The molecule has 0 aliphatic carbocycles. The number of benzene rings is 2. The SMILES string of the molecule is C=C1C[C@H](CCC23C[C@@H]4O[C@@H]5[C@@H](O[C@H]6CC[C@H](CC=O)O[C@@H]6[C@@H]5O2)[C@H]4O3)OC1CC[C@H]1C[C@@H](C)C(=C)[C@@H](CC2O[C@H](C[C@@H](CN3C(=O)c4ccccc4C3=O)O[Si](C)(C)C(C)(C)C)[C@H](C)C2CCc2ccccc2)O1. The maximum Gasteiger partial charge on any atom is 0.261 e. The monoisotopic (exact) mass is 1050 g/mol. The number of fused-ring (bicyclic) bond motifs is 2. The van der Waals surface area contributed by atoms with E-state index in [1.54, 1.807) is 12.1 Å². The standard InChI is InChI=1S/C61H83NO12Si/c1-35-29-41(21-23-47-36(2)30-42(66-47)25-27-61-33-52-54(72-61)55-56(71-52)57(73-61)53-48(70-55)24-20-40(68-53)26-28-63)67-50(37(35)3)32-51-44(22-19-39-15-11-10-12-16-39)38(4)49(69-51)31-43(74-75(8,9)60(5,6)7)34-62-58(64)45-17-13-14-18-46(45)59(62)65/h10-18,28,35,38,40-44,47-57H,2-3,19-27,29-34H2,1,4-9H3/t35-,38-,40-,41+,42+,43+,44?,47?,48+,49-,50-,51?,52+,53+,54+,55+,56-,57+,61?/m1/s1. The Morgan fingerprint density at radius 2 is 1.45 bits per heavy atom. The summed E-state index contributed by atoms with van der Waals surface area (Å²) in [6.07, 6.45) is 9.38. The summed E-state index contributed by atoms with van der Waals surface area (Å²) < 4.78 is 61.8. The number of carbonyl (C=O) groups is 3. The number of nitrogens with zero attached hydrogens (tertiary/aromatic N) is 1. The summed E-state index contributed by atoms with van der Waals surface area (Å²) in [5, 5.41) is -0.0770. The summed E-state index contributed by atoms with van der Waals surface area (Å²) in [6, 6.07) is 17.8. The fourth-order valence-corrected chi connectivity index (χ4v) is 15.5. The fraction of sp³-hybridized carbons (Fsp3) is 0.689. The molecule has 408 valence electrons. The lowest BCUT2D eigenvalue weighted by atomic mass is 9.79. The van der Waals surface area contributed by atoms with Gasteiger partial charge in [-0.25, -0.2) is 0 Å². The third kappa shape index (κ3) is 10.6. The summed E-state index contributed by atoms with van der Waals surface area (Å²) >= 11 is 0. The Kier molecular flexibility index (Phi) is 15.2. The predicted molar refractivity (Wildman–Crippen MR) is 285 cm³/mol. The van der Waals surface area contributed by atoms with E-state index in [1.165, 1.54) is 10.5 Å². The molecule has 9 saturated heterocycles. The van der Waals surface area contributed by atoms with Crippen LogP contribution in [0.2, 0.25) is 18.1 Å². The highest BCUT2D eigenvalue weighted by Crippen LogP contribution is 2.54. The number of aldehydes is 1. The summed E-state index contributed by atoms with van der Waals surface area (Å²) in [5.74, 6) is -0.587. The maximum atomic E-state index is 13.8. The van der Waals surface area contributed by atoms with E-state index in [9.17, 15) is 14.4 Å². The zero-order chi connectivity index (χ0) is 52.6. The summed E-state index contributed by atoms with van der Waals surface area (Å²) in [4.78, 5) is 40.3. The van der Waals surface area contributed by atoms with Crippen LogP contribution in [0.1, 0.15) is 144 Å². The van der Waals surface area contributed by atoms with Gasteiger partial charge in [-0.1, -0.05) is 90.2 Å². The van der Waals surface area contributed by atoms with Crippen molar-refractivity contribution in [3.05, 3.63) is 95.6 Å². The van der Waals surface area contributed by atoms with Crippen LogP contribution in [-0.2, 0) is 53.5 Å². The summed E-state index contributed by atoms with van der Waals surface area (Å²) in [5.41, 5.74) is 4.47. The van der Waals surface area contributed by atoms with Crippen molar-refractivity contribution in [2.24, 2.45) is 17.8 Å². The molecule has 6 bridgehead atoms. The maximum absolute atomic E-state index is 13.8. The van der Waals surface area contributed by atoms with Crippen LogP contribution in [0.25, 0.3) is 0 Å². The van der Waals surface area contributed by atoms with E-state index in [2.05, 4.69) is 91.2 Å². The molecular formula is C61H83NO12Si. The molecule has 4 unspecified atom stereocenters. The third-order valence-corrected chi connectivity index (χ3v) is 24.0. The van der Waals surface area contributed by atoms with Gasteiger partial charge >= 0.3 is 0 Å². The molecule has 0 saturated carbocycles. The number of rotatable bonds is 19. The van der Waals surface area contributed by atoms with Gasteiger partial charge in [-0.05, 0) is 123 Å². The molecule has 10 aliphatic heterocycles. The second-order valence-corrected chi connectivity index (χ2v) is 30.2. The van der Waals surface area contributed by atoms with Gasteiger partial charge in [0.1, 0.15) is 36.8 Å². The minimum absolute atomic E-state index is 0.00840. The second kappa shape index (κ2) is 21.3. The Labute approximate surface area is 446 Å². The molecule has 10 heterocycles. The smallest absolute Gasteiger partial charge is 0.261 e. The Balaban J connectivity index is 0.730. The molecule has 0 aromatic heterocycles. The first-order valence-electron chi connectivity index (χ1n) is 28.6. The molecule has 0 radical (unpaired) electrons. The van der Waals surface area contributed by atoms with Gasteiger partial charge in [-0.3, -0.25) is 14.5 Å². The Morgan fingerprint density at radius 3 is 2.19 bits per heavy atom. The van der Waals surface area contributed by atoms with Gasteiger partial charge in [-0.2, -0.15) is 0 Å². The van der Waals surface area contributed by atoms with Gasteiger partial charge in [0.25, 0.3) is 11.8 Å². The lowest BCUT2D eigenvalue weighted by Gasteiger charge is -2.47. The number of hydrogen-bond acceptors (Lipinski definition) is 12. The predicted octanol–water partition coefficient (Wildman–Crippen LogP) is 10.3. The van der Waals surface area contributed by atoms with E-state index >= 15 is 0 Å². The van der Waals surface area contributed by atoms with Crippen molar-refractivity contribution in [2.75, 3.05) is 6.54 Å². The zero-order valence-electron chi connectivity index (χ0n) is 45.5. The number of amides is 2. The normalized spacial score (nSPS) is 39.6. The highest BCUT2D eigenvalue weighted by Gasteiger charge is 2.69. The van der Waals surface area contributed by atoms with Crippen LogP contribution < -0.4 is 0 Å². The highest BCUT2D eigenvalue weighted by atomic mass is 28.4. The van der Waals surface area contributed by atoms with E-state index in [-0.39, 0.29) is 127 Å². The van der Waals surface area contributed by atoms with Crippen molar-refractivity contribution in [1.29, 1.82) is 0 Å². The van der Waals surface area contributed by atoms with Crippen LogP contribution in [0.15, 0.2) is 78.9 Å². The number of imide groups is 1. The number of aryl methyl sites for hydroxylation is 1. The first kappa shape index (κ1) is 53.6. The van der Waals surface area contributed by atoms with Crippen molar-refractivity contribution >= 4 is 26.4 Å². The molecule has 19 atom stereocenters. The van der Waals surface area contributed by atoms with Crippen LogP contribution >= 0.6 is 0 Å². The van der Waals surface area contributed by atoms with E-state index in [1.807, 2.05) is 12.1 Å². The number of hydrogen-bond donors (Lipinski definition) is 0. The molecule has 10 aliphatic rings. The van der Waals surface area contributed by atoms with Gasteiger partial charge in [0.05, 0.1) is 78.7 Å². The molecule has 0 N–H and O–H groups in total. The molecule has 14 heteroatoms. The molecule has 13 nitrogen and oxygen atoms in total. The molecule has 9 fully saturated rings. The number of carbonyl (C=O) groups excluding carboxylic acids is 3. The van der Waals surface area contributed by atoms with Crippen LogP contribution in [-0.4, -0.2) is 135 Å². The summed E-state index contributed by atoms with van der Waals surface area (Å²) in [6.45, 7) is 25.1. The molecule has 2 aromatic rings. The lowest BCUT2D eigenvalue weighted by molar-refractivity contribution is -0.292. The van der Waals surface area contributed by atoms with E-state index in [4.69, 9.17) is 42.3 Å². The molecule has 0 spiro atoms. The topological polar surface area (TPSA) is 138 Å². The average molecular weight is 1050 g/mol. The summed E-state index contributed by atoms with van der Waals surface area (Å²) in [7, 11) is -2.35. The van der Waals surface area contributed by atoms with Crippen LogP contribution in [0.4, 0.5) is 0 Å². The van der Waals surface area contributed by atoms with Gasteiger partial charge in [-0.15, -0.1) is 0 Å². The Bertz CT molecular complexity index is 2410. The molecule has 2 aromatic carbocycles. The molecule has 2 amide bonds. The van der Waals surface area contributed by atoms with Crippen molar-refractivity contribution in [3.8, 4) is 0 Å². The van der Waals surface area contributed by atoms with Crippen molar-refractivity contribution in [2.45, 2.75) is 240 Å². The van der Waals surface area contributed by atoms with Gasteiger partial charge in [0.15, 0.2) is 14.1 Å². The molecule has 12 rings (SSSR count). The largest absolute Gasteiger partial charge is 0.412 e. The lowest BCUT2D eigenvalue weighted by Crippen LogP contribution is -2.61. The van der Waals surface area contributed by atoms with Crippen molar-refractivity contribution in [3.63, 3.8) is 0 Å². The van der Waals surface area contributed by atoms with Gasteiger partial charge in [0, 0.05) is 32.1 Å². The van der Waals surface area contributed by atoms with Crippen LogP contribution in [0.5, 0.6) is 0 Å². The first-order valence-corrected chi connectivity index (χ1v) is 31.5. The van der Waals surface area contributed by atoms with Crippen molar-refractivity contribution < 1.29 is 56.7 Å². The van der Waals surface area contributed by atoms with E-state index in [0.29, 0.717) is 43.2 Å².